The van der Waals surface area contributed by atoms with E-state index in [1.807, 2.05) is 0 Å². The quantitative estimate of drug-likeness (QED) is 0.361. The first-order chi connectivity index (χ1) is 18.0. The van der Waals surface area contributed by atoms with E-state index in [1.54, 1.807) is 18.2 Å². The highest BCUT2D eigenvalue weighted by Crippen LogP contribution is 2.50. The summed E-state index contributed by atoms with van der Waals surface area (Å²) in [5, 5.41) is 5.62. The Morgan fingerprint density at radius 2 is 1.76 bits per heavy atom. The summed E-state index contributed by atoms with van der Waals surface area (Å²) in [7, 11) is 0. The summed E-state index contributed by atoms with van der Waals surface area (Å²) in [5.74, 6) is -1.83. The lowest BCUT2D eigenvalue weighted by molar-refractivity contribution is -0.137. The van der Waals surface area contributed by atoms with Crippen LogP contribution in [0.4, 0.5) is 26.7 Å². The Hall–Kier alpha value is -3.20. The second kappa shape index (κ2) is 11.3. The molecule has 2 aliphatic carbocycles. The number of carbonyl (C=O) groups is 1. The summed E-state index contributed by atoms with van der Waals surface area (Å²) in [4.78, 5) is 17.5. The summed E-state index contributed by atoms with van der Waals surface area (Å²) in [5.41, 5.74) is -2.37. The van der Waals surface area contributed by atoms with Crippen molar-refractivity contribution in [3.8, 4) is 0 Å². The maximum Gasteiger partial charge on any atom is 0.416 e. The van der Waals surface area contributed by atoms with Gasteiger partial charge in [-0.15, -0.1) is 0 Å². The van der Waals surface area contributed by atoms with Gasteiger partial charge in [0.25, 0.3) is 0 Å². The van der Waals surface area contributed by atoms with E-state index in [9.17, 15) is 26.7 Å². The van der Waals surface area contributed by atoms with Gasteiger partial charge in [-0.1, -0.05) is 49.6 Å². The maximum atomic E-state index is 14.8. The fraction of sp³-hybridized carbons (Fsp3) is 0.357. The van der Waals surface area contributed by atoms with Gasteiger partial charge in [0.05, 0.1) is 27.7 Å². The lowest BCUT2D eigenvalue weighted by atomic mass is 9.61. The molecular formula is C28H27ClF5N3O. The number of hydrogen-bond acceptors (Lipinski definition) is 2. The molecule has 1 heterocycles. The van der Waals surface area contributed by atoms with Crippen molar-refractivity contribution in [2.24, 2.45) is 5.92 Å². The van der Waals surface area contributed by atoms with Gasteiger partial charge >= 0.3 is 12.2 Å². The van der Waals surface area contributed by atoms with Crippen LogP contribution >= 0.6 is 11.6 Å². The third-order valence-corrected chi connectivity index (χ3v) is 7.35. The molecule has 0 aliphatic heterocycles. The van der Waals surface area contributed by atoms with Crippen LogP contribution in [0.2, 0.25) is 5.02 Å². The zero-order valence-electron chi connectivity index (χ0n) is 20.4. The summed E-state index contributed by atoms with van der Waals surface area (Å²) < 4.78 is 69.9. The van der Waals surface area contributed by atoms with E-state index in [-0.39, 0.29) is 29.3 Å². The van der Waals surface area contributed by atoms with Gasteiger partial charge in [0.2, 0.25) is 0 Å². The number of nitrogens with one attached hydrogen (secondary N) is 2. The number of rotatable bonds is 6. The van der Waals surface area contributed by atoms with E-state index in [4.69, 9.17) is 11.6 Å². The van der Waals surface area contributed by atoms with Crippen molar-refractivity contribution in [1.82, 2.24) is 15.6 Å². The number of aromatic nitrogens is 1. The van der Waals surface area contributed by atoms with Crippen molar-refractivity contribution in [3.05, 3.63) is 101 Å². The first kappa shape index (κ1) is 27.8. The molecule has 1 aromatic heterocycles. The van der Waals surface area contributed by atoms with Gasteiger partial charge in [-0.05, 0) is 60.7 Å². The Kier molecular flexibility index (Phi) is 8.25. The molecule has 0 saturated heterocycles. The molecule has 202 valence electrons. The number of allylic oxidation sites excluding steroid dienone is 3. The van der Waals surface area contributed by atoms with Gasteiger partial charge in [-0.25, -0.2) is 13.6 Å². The molecule has 2 N–H and O–H groups in total. The minimum Gasteiger partial charge on any atom is -0.331 e. The molecule has 2 atom stereocenters. The number of alkyl halides is 3. The van der Waals surface area contributed by atoms with Gasteiger partial charge < -0.3 is 10.6 Å². The van der Waals surface area contributed by atoms with Crippen LogP contribution in [-0.4, -0.2) is 17.1 Å². The Morgan fingerprint density at radius 3 is 2.39 bits per heavy atom. The van der Waals surface area contributed by atoms with E-state index in [0.29, 0.717) is 23.9 Å². The Balaban J connectivity index is 1.84. The van der Waals surface area contributed by atoms with Gasteiger partial charge in [0, 0.05) is 18.3 Å². The van der Waals surface area contributed by atoms with E-state index in [0.717, 1.165) is 31.4 Å². The average Bonchev–Trinajstić information content (AvgIpc) is 2.85. The van der Waals surface area contributed by atoms with Crippen molar-refractivity contribution >= 4 is 17.6 Å². The number of hydrogen-bond donors (Lipinski definition) is 2. The first-order valence-electron chi connectivity index (χ1n) is 12.3. The number of urea groups is 1. The van der Waals surface area contributed by atoms with Crippen LogP contribution in [0.5, 0.6) is 0 Å². The standard InChI is InChI=1S/C28H27ClF5N3O/c1-17(36-26(38)37-24-9-5-8-22(30)15-24)27(18-6-3-2-4-7-18,25-11-10-21(29)16-35-25)19-12-20(28(32,33)34)14-23(31)13-19/h5,8-14,16,18,24H,1-4,6-7,15H2,(H2,36,37,38)/t24?,27-/m0/s1. The number of nitrogens with zero attached hydrogens (tertiary/aromatic N) is 1. The largest absolute Gasteiger partial charge is 0.416 e. The number of carbonyl (C=O) groups excluding carboxylic acids is 1. The van der Waals surface area contributed by atoms with E-state index < -0.39 is 40.9 Å². The smallest absolute Gasteiger partial charge is 0.331 e. The van der Waals surface area contributed by atoms with Crippen LogP contribution in [0.15, 0.2) is 72.9 Å². The number of halogens is 6. The maximum absolute atomic E-state index is 14.8. The van der Waals surface area contributed by atoms with E-state index in [1.165, 1.54) is 18.3 Å². The molecular weight excluding hydrogens is 525 g/mol. The summed E-state index contributed by atoms with van der Waals surface area (Å²) in [6, 6.07) is 4.12. The normalized spacial score (nSPS) is 19.8. The molecule has 0 radical (unpaired) electrons. The Morgan fingerprint density at radius 1 is 1.05 bits per heavy atom. The van der Waals surface area contributed by atoms with Crippen LogP contribution in [0.1, 0.15) is 55.3 Å². The molecule has 1 fully saturated rings. The fourth-order valence-corrected chi connectivity index (χ4v) is 5.58. The Bertz CT molecular complexity index is 1250. The fourth-order valence-electron chi connectivity index (χ4n) is 5.47. The van der Waals surface area contributed by atoms with Crippen molar-refractivity contribution in [1.29, 1.82) is 0 Å². The van der Waals surface area contributed by atoms with Crippen LogP contribution in [0.25, 0.3) is 0 Å². The predicted molar refractivity (Wildman–Crippen MR) is 136 cm³/mol. The summed E-state index contributed by atoms with van der Waals surface area (Å²) in [6.07, 6.45) is 4.59. The van der Waals surface area contributed by atoms with Crippen LogP contribution < -0.4 is 10.6 Å². The Labute approximate surface area is 222 Å². The molecule has 2 amide bonds. The van der Waals surface area contributed by atoms with E-state index in [2.05, 4.69) is 22.2 Å². The van der Waals surface area contributed by atoms with Gasteiger partial charge in [0.1, 0.15) is 11.6 Å². The molecule has 4 rings (SSSR count). The summed E-state index contributed by atoms with van der Waals surface area (Å²) >= 11 is 6.07. The molecule has 10 heteroatoms. The van der Waals surface area contributed by atoms with Crippen molar-refractivity contribution in [3.63, 3.8) is 0 Å². The van der Waals surface area contributed by atoms with Crippen LogP contribution in [0.3, 0.4) is 0 Å². The SMILES string of the molecule is C=C(NC(=O)NC1C=CC=C(F)C1)[C@](c1cc(F)cc(C(F)(F)F)c1)(c1ccc(Cl)cn1)C1CCCCC1. The predicted octanol–water partition coefficient (Wildman–Crippen LogP) is 7.75. The summed E-state index contributed by atoms with van der Waals surface area (Å²) in [6.45, 7) is 4.10. The van der Waals surface area contributed by atoms with Gasteiger partial charge in [0.15, 0.2) is 0 Å². The molecule has 1 unspecified atom stereocenters. The zero-order chi connectivity index (χ0) is 27.5. The lowest BCUT2D eigenvalue weighted by Gasteiger charge is -2.44. The second-order valence-electron chi connectivity index (χ2n) is 9.62. The highest BCUT2D eigenvalue weighted by atomic mass is 35.5. The van der Waals surface area contributed by atoms with E-state index >= 15 is 0 Å². The molecule has 2 aromatic rings. The molecule has 0 spiro atoms. The molecule has 38 heavy (non-hydrogen) atoms. The number of amides is 2. The first-order valence-corrected chi connectivity index (χ1v) is 12.7. The highest BCUT2D eigenvalue weighted by Gasteiger charge is 2.48. The lowest BCUT2D eigenvalue weighted by Crippen LogP contribution is -2.49. The zero-order valence-corrected chi connectivity index (χ0v) is 21.2. The van der Waals surface area contributed by atoms with Gasteiger partial charge in [-0.3, -0.25) is 4.98 Å². The molecule has 4 nitrogen and oxygen atoms in total. The molecule has 1 aromatic carbocycles. The van der Waals surface area contributed by atoms with Crippen LogP contribution in [0, 0.1) is 11.7 Å². The second-order valence-corrected chi connectivity index (χ2v) is 10.1. The van der Waals surface area contributed by atoms with Crippen molar-refractivity contribution in [2.45, 2.75) is 56.2 Å². The average molecular weight is 552 g/mol. The molecule has 2 aliphatic rings. The molecule has 1 saturated carbocycles. The third-order valence-electron chi connectivity index (χ3n) is 7.12. The topological polar surface area (TPSA) is 54.0 Å². The minimum atomic E-state index is -4.81. The van der Waals surface area contributed by atoms with Crippen molar-refractivity contribution < 1.29 is 26.7 Å². The van der Waals surface area contributed by atoms with Crippen molar-refractivity contribution in [2.75, 3.05) is 0 Å². The number of pyridine rings is 1. The third kappa shape index (κ3) is 5.93. The number of benzene rings is 1. The van der Waals surface area contributed by atoms with Crippen LogP contribution in [-0.2, 0) is 11.6 Å². The molecule has 0 bridgehead atoms. The van der Waals surface area contributed by atoms with Gasteiger partial charge in [-0.2, -0.15) is 13.2 Å². The minimum absolute atomic E-state index is 0.0246. The monoisotopic (exact) mass is 551 g/mol. The highest BCUT2D eigenvalue weighted by molar-refractivity contribution is 6.30.